The highest BCUT2D eigenvalue weighted by molar-refractivity contribution is 6.31. The summed E-state index contributed by atoms with van der Waals surface area (Å²) in [6, 6.07) is 5.37. The molecule has 0 unspecified atom stereocenters. The zero-order chi connectivity index (χ0) is 18.7. The maximum atomic E-state index is 12.4. The molecule has 0 saturated heterocycles. The van der Waals surface area contributed by atoms with Gasteiger partial charge >= 0.3 is 0 Å². The van der Waals surface area contributed by atoms with E-state index >= 15 is 0 Å². The molecule has 1 fully saturated rings. The third kappa shape index (κ3) is 3.90. The van der Waals surface area contributed by atoms with E-state index in [9.17, 15) is 9.90 Å². The van der Waals surface area contributed by atoms with E-state index in [-0.39, 0.29) is 24.5 Å². The number of nitrogens with one attached hydrogen (secondary N) is 1. The number of ether oxygens (including phenoxy) is 1. The fraction of sp³-hybridized carbons (Fsp3) is 0.500. The zero-order valence-electron chi connectivity index (χ0n) is 14.9. The number of aliphatic hydroxyl groups excluding tert-OH is 1. The molecule has 1 heterocycles. The summed E-state index contributed by atoms with van der Waals surface area (Å²) < 4.78 is 7.03. The van der Waals surface area contributed by atoms with E-state index in [0.29, 0.717) is 29.6 Å². The Morgan fingerprint density at radius 2 is 2.19 bits per heavy atom. The Kier molecular flexibility index (Phi) is 5.90. The molecule has 1 saturated carbocycles. The number of rotatable bonds is 7. The zero-order valence-corrected chi connectivity index (χ0v) is 15.7. The molecular weight excluding hydrogens is 356 g/mol. The van der Waals surface area contributed by atoms with Gasteiger partial charge in [-0.1, -0.05) is 11.6 Å². The molecule has 7 nitrogen and oxygen atoms in total. The van der Waals surface area contributed by atoms with Gasteiger partial charge in [0.2, 0.25) is 0 Å². The first-order valence-electron chi connectivity index (χ1n) is 8.62. The van der Waals surface area contributed by atoms with Crippen LogP contribution in [0, 0.1) is 6.92 Å². The summed E-state index contributed by atoms with van der Waals surface area (Å²) in [5.74, 6) is 1.52. The minimum atomic E-state index is -0.153. The standard InChI is InChI=1S/C18H23ClN4O3/c1-11-7-12(3-4-15(11)19)18(25)20-14-8-13(9-14)17-22-21-16(10-24)23(17)5-6-26-2/h3-4,7,13-14,24H,5-6,8-10H2,1-2H3,(H,20,25). The highest BCUT2D eigenvalue weighted by atomic mass is 35.5. The largest absolute Gasteiger partial charge is 0.388 e. The molecule has 3 rings (SSSR count). The Balaban J connectivity index is 1.59. The fourth-order valence-electron chi connectivity index (χ4n) is 3.20. The van der Waals surface area contributed by atoms with Crippen LogP contribution in [0.1, 0.15) is 46.3 Å². The maximum Gasteiger partial charge on any atom is 0.251 e. The third-order valence-corrected chi connectivity index (χ3v) is 5.20. The monoisotopic (exact) mass is 378 g/mol. The first-order chi connectivity index (χ1) is 12.5. The Morgan fingerprint density at radius 3 is 2.85 bits per heavy atom. The number of hydrogen-bond donors (Lipinski definition) is 2. The number of aryl methyl sites for hydroxylation is 1. The van der Waals surface area contributed by atoms with Gasteiger partial charge in [-0.15, -0.1) is 10.2 Å². The van der Waals surface area contributed by atoms with Crippen molar-refractivity contribution in [1.82, 2.24) is 20.1 Å². The molecule has 2 aromatic rings. The van der Waals surface area contributed by atoms with Crippen molar-refractivity contribution in [3.05, 3.63) is 46.0 Å². The minimum Gasteiger partial charge on any atom is -0.388 e. The second kappa shape index (κ2) is 8.16. The van der Waals surface area contributed by atoms with Gasteiger partial charge in [-0.3, -0.25) is 4.79 Å². The van der Waals surface area contributed by atoms with Crippen LogP contribution in [0.5, 0.6) is 0 Å². The SMILES string of the molecule is COCCn1c(CO)nnc1C1CC(NC(=O)c2ccc(Cl)c(C)c2)C1. The lowest BCUT2D eigenvalue weighted by molar-refractivity contribution is 0.0906. The molecular formula is C18H23ClN4O3. The fourth-order valence-corrected chi connectivity index (χ4v) is 3.31. The lowest BCUT2D eigenvalue weighted by Gasteiger charge is -2.35. The van der Waals surface area contributed by atoms with E-state index in [4.69, 9.17) is 16.3 Å². The van der Waals surface area contributed by atoms with E-state index in [1.54, 1.807) is 25.3 Å². The average molecular weight is 379 g/mol. The van der Waals surface area contributed by atoms with Crippen LogP contribution in [0.3, 0.4) is 0 Å². The number of carbonyl (C=O) groups is 1. The van der Waals surface area contributed by atoms with Crippen molar-refractivity contribution < 1.29 is 14.6 Å². The van der Waals surface area contributed by atoms with Gasteiger partial charge in [0.1, 0.15) is 12.4 Å². The quantitative estimate of drug-likeness (QED) is 0.769. The summed E-state index contributed by atoms with van der Waals surface area (Å²) in [6.07, 6.45) is 1.60. The molecule has 8 heteroatoms. The van der Waals surface area contributed by atoms with Gasteiger partial charge in [0, 0.05) is 36.2 Å². The summed E-state index contributed by atoms with van der Waals surface area (Å²) >= 11 is 6.01. The van der Waals surface area contributed by atoms with Crippen molar-refractivity contribution in [2.45, 2.75) is 44.9 Å². The van der Waals surface area contributed by atoms with Crippen molar-refractivity contribution >= 4 is 17.5 Å². The van der Waals surface area contributed by atoms with Gasteiger partial charge in [-0.05, 0) is 43.5 Å². The van der Waals surface area contributed by atoms with E-state index < -0.39 is 0 Å². The highest BCUT2D eigenvalue weighted by Gasteiger charge is 2.35. The van der Waals surface area contributed by atoms with Gasteiger partial charge in [0.15, 0.2) is 5.82 Å². The average Bonchev–Trinajstić information content (AvgIpc) is 3.00. The second-order valence-corrected chi connectivity index (χ2v) is 6.99. The second-order valence-electron chi connectivity index (χ2n) is 6.58. The normalized spacial score (nSPS) is 19.2. The van der Waals surface area contributed by atoms with Crippen molar-refractivity contribution in [3.63, 3.8) is 0 Å². The predicted octanol–water partition coefficient (Wildman–Crippen LogP) is 2.05. The summed E-state index contributed by atoms with van der Waals surface area (Å²) in [6.45, 7) is 2.86. The summed E-state index contributed by atoms with van der Waals surface area (Å²) in [5, 5.41) is 21.4. The lowest BCUT2D eigenvalue weighted by atomic mass is 9.79. The van der Waals surface area contributed by atoms with Crippen LogP contribution in [0.4, 0.5) is 0 Å². The smallest absolute Gasteiger partial charge is 0.251 e. The number of methoxy groups -OCH3 is 1. The lowest BCUT2D eigenvalue weighted by Crippen LogP contribution is -2.44. The molecule has 1 aliphatic carbocycles. The molecule has 26 heavy (non-hydrogen) atoms. The number of amides is 1. The van der Waals surface area contributed by atoms with E-state index in [0.717, 1.165) is 24.2 Å². The minimum absolute atomic E-state index is 0.0925. The Hall–Kier alpha value is -1.96. The Labute approximate surface area is 157 Å². The van der Waals surface area contributed by atoms with E-state index in [1.165, 1.54) is 0 Å². The first-order valence-corrected chi connectivity index (χ1v) is 9.00. The topological polar surface area (TPSA) is 89.3 Å². The summed E-state index contributed by atoms with van der Waals surface area (Å²) in [4.78, 5) is 12.4. The van der Waals surface area contributed by atoms with Crippen LogP contribution in [-0.4, -0.2) is 45.5 Å². The molecule has 140 valence electrons. The number of aromatic nitrogens is 3. The van der Waals surface area contributed by atoms with Crippen LogP contribution >= 0.6 is 11.6 Å². The number of hydrogen-bond acceptors (Lipinski definition) is 5. The van der Waals surface area contributed by atoms with Crippen LogP contribution in [0.15, 0.2) is 18.2 Å². The van der Waals surface area contributed by atoms with Gasteiger partial charge < -0.3 is 19.7 Å². The van der Waals surface area contributed by atoms with Crippen LogP contribution in [-0.2, 0) is 17.9 Å². The van der Waals surface area contributed by atoms with Gasteiger partial charge in [-0.25, -0.2) is 0 Å². The molecule has 0 atom stereocenters. The molecule has 1 aliphatic rings. The predicted molar refractivity (Wildman–Crippen MR) is 97.2 cm³/mol. The molecule has 0 aliphatic heterocycles. The molecule has 0 radical (unpaired) electrons. The molecule has 0 bridgehead atoms. The first kappa shape index (κ1) is 18.8. The molecule has 1 aromatic carbocycles. The maximum absolute atomic E-state index is 12.4. The number of benzene rings is 1. The van der Waals surface area contributed by atoms with Crippen LogP contribution in [0.25, 0.3) is 0 Å². The highest BCUT2D eigenvalue weighted by Crippen LogP contribution is 2.36. The van der Waals surface area contributed by atoms with Crippen molar-refractivity contribution in [3.8, 4) is 0 Å². The number of halogens is 1. The Bertz CT molecular complexity index is 787. The number of carbonyl (C=O) groups excluding carboxylic acids is 1. The molecule has 1 aromatic heterocycles. The number of nitrogens with zero attached hydrogens (tertiary/aromatic N) is 3. The summed E-state index contributed by atoms with van der Waals surface area (Å²) in [7, 11) is 1.63. The van der Waals surface area contributed by atoms with Crippen molar-refractivity contribution in [2.24, 2.45) is 0 Å². The van der Waals surface area contributed by atoms with Gasteiger partial charge in [-0.2, -0.15) is 0 Å². The molecule has 2 N–H and O–H groups in total. The van der Waals surface area contributed by atoms with Gasteiger partial charge in [0.05, 0.1) is 6.61 Å². The van der Waals surface area contributed by atoms with Crippen molar-refractivity contribution in [2.75, 3.05) is 13.7 Å². The molecule has 0 spiro atoms. The molecule has 1 amide bonds. The van der Waals surface area contributed by atoms with Crippen LogP contribution in [0.2, 0.25) is 5.02 Å². The third-order valence-electron chi connectivity index (χ3n) is 4.78. The Morgan fingerprint density at radius 1 is 1.42 bits per heavy atom. The summed E-state index contributed by atoms with van der Waals surface area (Å²) in [5.41, 5.74) is 1.50. The van der Waals surface area contributed by atoms with Crippen LogP contribution < -0.4 is 5.32 Å². The van der Waals surface area contributed by atoms with Crippen molar-refractivity contribution in [1.29, 1.82) is 0 Å². The number of aliphatic hydroxyl groups is 1. The van der Waals surface area contributed by atoms with Gasteiger partial charge in [0.25, 0.3) is 5.91 Å². The van der Waals surface area contributed by atoms with E-state index in [1.807, 2.05) is 11.5 Å². The van der Waals surface area contributed by atoms with E-state index in [2.05, 4.69) is 15.5 Å².